The van der Waals surface area contributed by atoms with Gasteiger partial charge in [0.05, 0.1) is 5.92 Å². The van der Waals surface area contributed by atoms with E-state index < -0.39 is 0 Å². The van der Waals surface area contributed by atoms with E-state index in [4.69, 9.17) is 0 Å². The molecule has 2 amide bonds. The van der Waals surface area contributed by atoms with Crippen LogP contribution >= 0.6 is 0 Å². The second kappa shape index (κ2) is 4.22. The van der Waals surface area contributed by atoms with E-state index in [1.165, 1.54) is 6.42 Å². The summed E-state index contributed by atoms with van der Waals surface area (Å²) >= 11 is 0. The van der Waals surface area contributed by atoms with E-state index in [-0.39, 0.29) is 12.0 Å². The molecule has 104 valence electrons. The Hall–Kier alpha value is -1.06. The van der Waals surface area contributed by atoms with Crippen molar-refractivity contribution in [2.45, 2.75) is 57.0 Å². The predicted molar refractivity (Wildman–Crippen MR) is 70.3 cm³/mol. The number of hydrogen-bond acceptors (Lipinski definition) is 2. The number of nitrogens with zero attached hydrogens (tertiary/aromatic N) is 2. The molecule has 4 aliphatic heterocycles. The van der Waals surface area contributed by atoms with Crippen molar-refractivity contribution in [2.75, 3.05) is 13.1 Å². The summed E-state index contributed by atoms with van der Waals surface area (Å²) in [7, 11) is 0. The van der Waals surface area contributed by atoms with Gasteiger partial charge in [-0.25, -0.2) is 0 Å². The minimum atomic E-state index is 0.109. The zero-order valence-corrected chi connectivity index (χ0v) is 11.4. The molecular formula is C15H22N2O2. The second-order valence-electron chi connectivity index (χ2n) is 6.70. The first-order chi connectivity index (χ1) is 9.25. The van der Waals surface area contributed by atoms with Crippen molar-refractivity contribution in [1.29, 1.82) is 0 Å². The number of fused-ring (bicyclic) bond motifs is 6. The van der Waals surface area contributed by atoms with Crippen molar-refractivity contribution in [2.24, 2.45) is 11.8 Å². The van der Waals surface area contributed by atoms with Gasteiger partial charge in [-0.15, -0.1) is 0 Å². The topological polar surface area (TPSA) is 40.6 Å². The third kappa shape index (κ3) is 1.65. The summed E-state index contributed by atoms with van der Waals surface area (Å²) in [4.78, 5) is 29.1. The summed E-state index contributed by atoms with van der Waals surface area (Å²) in [6.45, 7) is 1.87. The van der Waals surface area contributed by atoms with Crippen LogP contribution in [0.4, 0.5) is 0 Å². The summed E-state index contributed by atoms with van der Waals surface area (Å²) in [6.07, 6.45) is 7.29. The molecule has 4 rings (SSSR count). The SMILES string of the molecule is O=C1[C@@H]2C[C@@H](CN3C(=O)CCC[C@H]23)[C@H]2CCCCN12. The van der Waals surface area contributed by atoms with E-state index in [2.05, 4.69) is 9.80 Å². The van der Waals surface area contributed by atoms with Crippen molar-refractivity contribution in [1.82, 2.24) is 9.80 Å². The summed E-state index contributed by atoms with van der Waals surface area (Å²) in [5, 5.41) is 0. The highest BCUT2D eigenvalue weighted by atomic mass is 16.2. The van der Waals surface area contributed by atoms with Gasteiger partial charge in [-0.3, -0.25) is 9.59 Å². The lowest BCUT2D eigenvalue weighted by atomic mass is 9.70. The first-order valence-corrected chi connectivity index (χ1v) is 7.85. The minimum Gasteiger partial charge on any atom is -0.339 e. The summed E-state index contributed by atoms with van der Waals surface area (Å²) < 4.78 is 0. The Morgan fingerprint density at radius 2 is 1.79 bits per heavy atom. The van der Waals surface area contributed by atoms with Crippen LogP contribution in [0.3, 0.4) is 0 Å². The van der Waals surface area contributed by atoms with Crippen LogP contribution in [0.5, 0.6) is 0 Å². The molecule has 4 aliphatic rings. The Bertz CT molecular complexity index is 422. The van der Waals surface area contributed by atoms with Crippen molar-refractivity contribution in [3.63, 3.8) is 0 Å². The Labute approximate surface area is 114 Å². The normalized spacial score (nSPS) is 41.9. The standard InChI is InChI=1S/C15H22N2O2/c18-14-6-3-5-13-11-8-10(9-17(13)14)12-4-1-2-7-16(12)15(11)19/h10-13H,1-9H2/t10-,11+,12+,13+/m0/s1. The Morgan fingerprint density at radius 3 is 2.68 bits per heavy atom. The first-order valence-electron chi connectivity index (χ1n) is 7.85. The van der Waals surface area contributed by atoms with Crippen LogP contribution in [0.25, 0.3) is 0 Å². The molecule has 0 spiro atoms. The smallest absolute Gasteiger partial charge is 0.228 e. The molecule has 0 N–H and O–H groups in total. The Balaban J connectivity index is 1.66. The molecular weight excluding hydrogens is 240 g/mol. The maximum absolute atomic E-state index is 12.7. The molecule has 0 aromatic carbocycles. The van der Waals surface area contributed by atoms with Crippen molar-refractivity contribution in [3.05, 3.63) is 0 Å². The summed E-state index contributed by atoms with van der Waals surface area (Å²) in [5.41, 5.74) is 0. The van der Waals surface area contributed by atoms with Crippen LogP contribution in [-0.2, 0) is 9.59 Å². The fraction of sp³-hybridized carbons (Fsp3) is 0.867. The number of amides is 2. The van der Waals surface area contributed by atoms with Gasteiger partial charge in [0, 0.05) is 31.6 Å². The third-order valence-electron chi connectivity index (χ3n) is 5.76. The summed E-state index contributed by atoms with van der Waals surface area (Å²) in [5.74, 6) is 1.30. The number of rotatable bonds is 0. The average Bonchev–Trinajstić information content (AvgIpc) is 2.45. The number of hydrogen-bond donors (Lipinski definition) is 0. The van der Waals surface area contributed by atoms with Gasteiger partial charge in [0.25, 0.3) is 0 Å². The Morgan fingerprint density at radius 1 is 0.947 bits per heavy atom. The van der Waals surface area contributed by atoms with E-state index in [1.54, 1.807) is 0 Å². The molecule has 4 heterocycles. The van der Waals surface area contributed by atoms with Gasteiger partial charge >= 0.3 is 0 Å². The monoisotopic (exact) mass is 262 g/mol. The first kappa shape index (κ1) is 11.7. The highest BCUT2D eigenvalue weighted by molar-refractivity contribution is 5.84. The lowest BCUT2D eigenvalue weighted by molar-refractivity contribution is -0.164. The fourth-order valence-electron chi connectivity index (χ4n) is 4.89. The fourth-order valence-corrected chi connectivity index (χ4v) is 4.89. The zero-order valence-electron chi connectivity index (χ0n) is 11.4. The molecule has 0 radical (unpaired) electrons. The lowest BCUT2D eigenvalue weighted by Gasteiger charge is -2.56. The largest absolute Gasteiger partial charge is 0.339 e. The highest BCUT2D eigenvalue weighted by Crippen LogP contribution is 2.43. The van der Waals surface area contributed by atoms with E-state index in [9.17, 15) is 9.59 Å². The van der Waals surface area contributed by atoms with Gasteiger partial charge in [0.15, 0.2) is 0 Å². The maximum atomic E-state index is 12.7. The van der Waals surface area contributed by atoms with Crippen LogP contribution in [0.15, 0.2) is 0 Å². The molecule has 0 aliphatic carbocycles. The third-order valence-corrected chi connectivity index (χ3v) is 5.76. The molecule has 0 aromatic heterocycles. The molecule has 0 aromatic rings. The van der Waals surface area contributed by atoms with Gasteiger partial charge in [0.1, 0.15) is 0 Å². The molecule has 4 fully saturated rings. The highest BCUT2D eigenvalue weighted by Gasteiger charge is 2.52. The van der Waals surface area contributed by atoms with Gasteiger partial charge in [-0.05, 0) is 44.4 Å². The van der Waals surface area contributed by atoms with E-state index >= 15 is 0 Å². The molecule has 4 nitrogen and oxygen atoms in total. The predicted octanol–water partition coefficient (Wildman–Crippen LogP) is 1.40. The lowest BCUT2D eigenvalue weighted by Crippen LogP contribution is -2.66. The van der Waals surface area contributed by atoms with Crippen LogP contribution in [0, 0.1) is 11.8 Å². The maximum Gasteiger partial charge on any atom is 0.228 e. The molecule has 4 saturated heterocycles. The van der Waals surface area contributed by atoms with Gasteiger partial charge in [-0.2, -0.15) is 0 Å². The minimum absolute atomic E-state index is 0.109. The average molecular weight is 262 g/mol. The van der Waals surface area contributed by atoms with Crippen molar-refractivity contribution >= 4 is 11.8 Å². The van der Waals surface area contributed by atoms with E-state index in [1.807, 2.05) is 0 Å². The summed E-state index contributed by atoms with van der Waals surface area (Å²) in [6, 6.07) is 0.640. The second-order valence-corrected chi connectivity index (χ2v) is 6.70. The molecule has 4 heteroatoms. The molecule has 19 heavy (non-hydrogen) atoms. The van der Waals surface area contributed by atoms with Gasteiger partial charge in [0.2, 0.25) is 11.8 Å². The zero-order chi connectivity index (χ0) is 13.0. The quantitative estimate of drug-likeness (QED) is 0.662. The van der Waals surface area contributed by atoms with Gasteiger partial charge in [-0.1, -0.05) is 0 Å². The molecule has 2 bridgehead atoms. The van der Waals surface area contributed by atoms with Crippen LogP contribution in [-0.4, -0.2) is 46.8 Å². The number of carbonyl (C=O) groups is 2. The van der Waals surface area contributed by atoms with Crippen LogP contribution < -0.4 is 0 Å². The van der Waals surface area contributed by atoms with Crippen molar-refractivity contribution in [3.8, 4) is 0 Å². The number of piperidine rings is 4. The van der Waals surface area contributed by atoms with Crippen LogP contribution in [0.2, 0.25) is 0 Å². The van der Waals surface area contributed by atoms with Gasteiger partial charge < -0.3 is 9.80 Å². The van der Waals surface area contributed by atoms with E-state index in [0.29, 0.717) is 30.2 Å². The van der Waals surface area contributed by atoms with Crippen molar-refractivity contribution < 1.29 is 9.59 Å². The molecule has 0 unspecified atom stereocenters. The van der Waals surface area contributed by atoms with Crippen LogP contribution in [0.1, 0.15) is 44.9 Å². The Kier molecular flexibility index (Phi) is 2.61. The molecule has 0 saturated carbocycles. The number of carbonyl (C=O) groups excluding carboxylic acids is 2. The van der Waals surface area contributed by atoms with E-state index in [0.717, 1.165) is 45.2 Å². The molecule has 4 atom stereocenters.